The highest BCUT2D eigenvalue weighted by atomic mass is 16.5. The molecule has 0 atom stereocenters. The molecule has 0 bridgehead atoms. The molecule has 0 amide bonds. The summed E-state index contributed by atoms with van der Waals surface area (Å²) in [6.45, 7) is 11.2. The van der Waals surface area contributed by atoms with Gasteiger partial charge in [0.1, 0.15) is 11.5 Å². The lowest BCUT2D eigenvalue weighted by Crippen LogP contribution is -2.47. The molecule has 0 aromatic carbocycles. The van der Waals surface area contributed by atoms with E-state index in [2.05, 4.69) is 37.2 Å². The van der Waals surface area contributed by atoms with E-state index in [1.165, 1.54) is 0 Å². The van der Waals surface area contributed by atoms with Gasteiger partial charge in [0.05, 0.1) is 6.54 Å². The summed E-state index contributed by atoms with van der Waals surface area (Å²) in [4.78, 5) is 2.38. The molecule has 4 nitrogen and oxygen atoms in total. The smallest absolute Gasteiger partial charge is 0.118 e. The van der Waals surface area contributed by atoms with E-state index in [0.29, 0.717) is 11.5 Å². The molecule has 1 aromatic heterocycles. The summed E-state index contributed by atoms with van der Waals surface area (Å²) in [7, 11) is 2.18. The first kappa shape index (κ1) is 16.5. The number of rotatable bonds is 7. The van der Waals surface area contributed by atoms with Crippen molar-refractivity contribution in [1.29, 1.82) is 0 Å². The Morgan fingerprint density at radius 2 is 2.00 bits per heavy atom. The topological polar surface area (TPSA) is 37.6 Å². The van der Waals surface area contributed by atoms with Gasteiger partial charge >= 0.3 is 0 Å². The number of furan rings is 1. The van der Waals surface area contributed by atoms with Crippen LogP contribution in [0.2, 0.25) is 0 Å². The van der Waals surface area contributed by atoms with Crippen LogP contribution in [-0.4, -0.2) is 44.3 Å². The van der Waals surface area contributed by atoms with Gasteiger partial charge in [-0.15, -0.1) is 0 Å². The van der Waals surface area contributed by atoms with Crippen LogP contribution >= 0.6 is 0 Å². The Morgan fingerprint density at radius 1 is 1.29 bits per heavy atom. The molecule has 1 aliphatic rings. The van der Waals surface area contributed by atoms with Crippen molar-refractivity contribution in [3.8, 4) is 0 Å². The van der Waals surface area contributed by atoms with Gasteiger partial charge in [-0.3, -0.25) is 4.90 Å². The van der Waals surface area contributed by atoms with E-state index >= 15 is 0 Å². The zero-order valence-electron chi connectivity index (χ0n) is 13.9. The SMILES string of the molecule is Cc1ccc(CN(C)CC2(CNC(C)C)CCOCC2)o1. The molecule has 21 heavy (non-hydrogen) atoms. The molecule has 1 saturated heterocycles. The Bertz CT molecular complexity index is 422. The van der Waals surface area contributed by atoms with E-state index < -0.39 is 0 Å². The third kappa shape index (κ3) is 5.13. The lowest BCUT2D eigenvalue weighted by Gasteiger charge is -2.40. The van der Waals surface area contributed by atoms with Gasteiger partial charge in [0.15, 0.2) is 0 Å². The average Bonchev–Trinajstić information content (AvgIpc) is 2.83. The summed E-state index contributed by atoms with van der Waals surface area (Å²) in [5.74, 6) is 2.04. The molecule has 2 rings (SSSR count). The van der Waals surface area contributed by atoms with Gasteiger partial charge in [0.2, 0.25) is 0 Å². The molecule has 0 radical (unpaired) electrons. The minimum atomic E-state index is 0.318. The van der Waals surface area contributed by atoms with Crippen LogP contribution in [0, 0.1) is 12.3 Å². The van der Waals surface area contributed by atoms with Gasteiger partial charge in [-0.1, -0.05) is 13.8 Å². The molecule has 2 heterocycles. The second kappa shape index (κ2) is 7.43. The minimum Gasteiger partial charge on any atom is -0.465 e. The fraction of sp³-hybridized carbons (Fsp3) is 0.765. The third-order valence-electron chi connectivity index (χ3n) is 4.27. The van der Waals surface area contributed by atoms with Crippen molar-refractivity contribution in [1.82, 2.24) is 10.2 Å². The van der Waals surface area contributed by atoms with Crippen LogP contribution in [0.1, 0.15) is 38.2 Å². The Labute approximate surface area is 128 Å². The van der Waals surface area contributed by atoms with Gasteiger partial charge in [-0.25, -0.2) is 0 Å². The largest absolute Gasteiger partial charge is 0.465 e. The van der Waals surface area contributed by atoms with E-state index in [-0.39, 0.29) is 0 Å². The summed E-state index contributed by atoms with van der Waals surface area (Å²) in [5.41, 5.74) is 0.318. The van der Waals surface area contributed by atoms with Crippen LogP contribution in [0.4, 0.5) is 0 Å². The second-order valence-electron chi connectivity index (χ2n) is 6.83. The number of nitrogens with one attached hydrogen (secondary N) is 1. The number of aryl methyl sites for hydroxylation is 1. The molecule has 0 spiro atoms. The van der Waals surface area contributed by atoms with Crippen molar-refractivity contribution < 1.29 is 9.15 Å². The first-order chi connectivity index (χ1) is 9.99. The summed E-state index contributed by atoms with van der Waals surface area (Å²) >= 11 is 0. The van der Waals surface area contributed by atoms with Crippen LogP contribution in [0.5, 0.6) is 0 Å². The third-order valence-corrected chi connectivity index (χ3v) is 4.27. The Kier molecular flexibility index (Phi) is 5.85. The molecule has 1 aromatic rings. The van der Waals surface area contributed by atoms with E-state index in [1.807, 2.05) is 13.0 Å². The van der Waals surface area contributed by atoms with Crippen molar-refractivity contribution in [3.63, 3.8) is 0 Å². The summed E-state index contributed by atoms with van der Waals surface area (Å²) < 4.78 is 11.3. The molecule has 0 unspecified atom stereocenters. The highest BCUT2D eigenvalue weighted by Gasteiger charge is 2.33. The molecule has 1 fully saturated rings. The molecule has 1 N–H and O–H groups in total. The number of hydrogen-bond acceptors (Lipinski definition) is 4. The van der Waals surface area contributed by atoms with Crippen molar-refractivity contribution in [2.24, 2.45) is 5.41 Å². The zero-order chi connectivity index (χ0) is 15.3. The predicted octanol–water partition coefficient (Wildman–Crippen LogP) is 2.81. The maximum atomic E-state index is 5.69. The minimum absolute atomic E-state index is 0.318. The first-order valence-electron chi connectivity index (χ1n) is 8.04. The monoisotopic (exact) mass is 294 g/mol. The summed E-state index contributed by atoms with van der Waals surface area (Å²) in [5, 5.41) is 3.62. The fourth-order valence-corrected chi connectivity index (χ4v) is 3.08. The van der Waals surface area contributed by atoms with Gasteiger partial charge in [0.25, 0.3) is 0 Å². The van der Waals surface area contributed by atoms with E-state index in [0.717, 1.165) is 57.2 Å². The van der Waals surface area contributed by atoms with Crippen LogP contribution in [0.25, 0.3) is 0 Å². The van der Waals surface area contributed by atoms with Crippen LogP contribution < -0.4 is 5.32 Å². The molecular weight excluding hydrogens is 264 g/mol. The van der Waals surface area contributed by atoms with Gasteiger partial charge in [-0.2, -0.15) is 0 Å². The standard InChI is InChI=1S/C17H30N2O2/c1-14(2)18-12-17(7-9-20-10-8-17)13-19(4)11-16-6-5-15(3)21-16/h5-6,14,18H,7-13H2,1-4H3. The maximum absolute atomic E-state index is 5.69. The van der Waals surface area contributed by atoms with Crippen molar-refractivity contribution in [2.45, 2.75) is 46.2 Å². The molecular formula is C17H30N2O2. The lowest BCUT2D eigenvalue weighted by atomic mass is 9.79. The van der Waals surface area contributed by atoms with Crippen molar-refractivity contribution >= 4 is 0 Å². The fourth-order valence-electron chi connectivity index (χ4n) is 3.08. The molecule has 1 aliphatic heterocycles. The normalized spacial score (nSPS) is 18.6. The van der Waals surface area contributed by atoms with E-state index in [9.17, 15) is 0 Å². The Hall–Kier alpha value is -0.840. The number of ether oxygens (including phenoxy) is 1. The number of hydrogen-bond donors (Lipinski definition) is 1. The molecule has 120 valence electrons. The zero-order valence-corrected chi connectivity index (χ0v) is 13.9. The first-order valence-corrected chi connectivity index (χ1v) is 8.04. The van der Waals surface area contributed by atoms with Gasteiger partial charge < -0.3 is 14.5 Å². The highest BCUT2D eigenvalue weighted by Crippen LogP contribution is 2.31. The second-order valence-corrected chi connectivity index (χ2v) is 6.83. The van der Waals surface area contributed by atoms with Crippen LogP contribution in [0.3, 0.4) is 0 Å². The highest BCUT2D eigenvalue weighted by molar-refractivity contribution is 5.05. The van der Waals surface area contributed by atoms with E-state index in [4.69, 9.17) is 9.15 Å². The quantitative estimate of drug-likeness (QED) is 0.839. The summed E-state index contributed by atoms with van der Waals surface area (Å²) in [6.07, 6.45) is 2.27. The Morgan fingerprint density at radius 3 is 2.57 bits per heavy atom. The molecule has 0 saturated carbocycles. The van der Waals surface area contributed by atoms with Gasteiger partial charge in [-0.05, 0) is 44.4 Å². The predicted molar refractivity (Wildman–Crippen MR) is 85.4 cm³/mol. The van der Waals surface area contributed by atoms with Crippen LogP contribution in [0.15, 0.2) is 16.5 Å². The maximum Gasteiger partial charge on any atom is 0.118 e. The Balaban J connectivity index is 1.93. The van der Waals surface area contributed by atoms with Crippen LogP contribution in [-0.2, 0) is 11.3 Å². The number of nitrogens with zero attached hydrogens (tertiary/aromatic N) is 1. The van der Waals surface area contributed by atoms with Gasteiger partial charge in [0, 0.05) is 32.3 Å². The lowest BCUT2D eigenvalue weighted by molar-refractivity contribution is -0.00322. The van der Waals surface area contributed by atoms with Crippen molar-refractivity contribution in [2.75, 3.05) is 33.4 Å². The summed E-state index contributed by atoms with van der Waals surface area (Å²) in [6, 6.07) is 4.64. The van der Waals surface area contributed by atoms with E-state index in [1.54, 1.807) is 0 Å². The van der Waals surface area contributed by atoms with Crippen molar-refractivity contribution in [3.05, 3.63) is 23.7 Å². The molecule has 4 heteroatoms. The molecule has 0 aliphatic carbocycles. The average molecular weight is 294 g/mol.